The Kier molecular flexibility index (Phi) is 2.24. The van der Waals surface area contributed by atoms with E-state index in [1.54, 1.807) is 0 Å². The minimum absolute atomic E-state index is 0.0158. The number of fused-ring (bicyclic) bond motifs is 1. The van der Waals surface area contributed by atoms with Crippen molar-refractivity contribution in [3.05, 3.63) is 0 Å². The highest BCUT2D eigenvalue weighted by Gasteiger charge is 2.50. The third-order valence-electron chi connectivity index (χ3n) is 2.81. The second-order valence-electron chi connectivity index (χ2n) is 5.43. The molecule has 1 aliphatic carbocycles. The van der Waals surface area contributed by atoms with Gasteiger partial charge in [-0.1, -0.05) is 0 Å². The summed E-state index contributed by atoms with van der Waals surface area (Å²) >= 11 is 0. The summed E-state index contributed by atoms with van der Waals surface area (Å²) in [5, 5.41) is 2.72. The topological polar surface area (TPSA) is 55.4 Å². The van der Waals surface area contributed by atoms with Gasteiger partial charge in [-0.2, -0.15) is 0 Å². The van der Waals surface area contributed by atoms with Crippen molar-refractivity contribution in [3.63, 3.8) is 0 Å². The van der Waals surface area contributed by atoms with Gasteiger partial charge in [-0.25, -0.2) is 4.79 Å². The van der Waals surface area contributed by atoms with Gasteiger partial charge in [0.1, 0.15) is 11.6 Å². The van der Waals surface area contributed by atoms with E-state index < -0.39 is 11.6 Å². The van der Waals surface area contributed by atoms with E-state index in [1.807, 2.05) is 20.8 Å². The van der Waals surface area contributed by atoms with Gasteiger partial charge in [-0.3, -0.25) is 4.79 Å². The lowest BCUT2D eigenvalue weighted by atomic mass is 10.0. The van der Waals surface area contributed by atoms with Crippen molar-refractivity contribution < 1.29 is 14.3 Å². The van der Waals surface area contributed by atoms with E-state index in [0.29, 0.717) is 5.92 Å². The van der Waals surface area contributed by atoms with Gasteiger partial charge in [0, 0.05) is 5.92 Å². The van der Waals surface area contributed by atoms with Gasteiger partial charge >= 0.3 is 5.97 Å². The molecular formula is C11H17NO3. The summed E-state index contributed by atoms with van der Waals surface area (Å²) in [4.78, 5) is 23.1. The molecule has 2 fully saturated rings. The first kappa shape index (κ1) is 10.5. The Morgan fingerprint density at radius 2 is 2.07 bits per heavy atom. The van der Waals surface area contributed by atoms with E-state index in [1.165, 1.54) is 0 Å². The molecule has 0 radical (unpaired) electrons. The molecule has 2 aliphatic rings. The lowest BCUT2D eigenvalue weighted by Gasteiger charge is -2.26. The second-order valence-corrected chi connectivity index (χ2v) is 5.43. The molecule has 1 N–H and O–H groups in total. The standard InChI is InChI=1S/C11H17NO3/c1-11(2,3)15-10(14)8-5-6-4-7(6)9(13)12-8/h6-8H,4-5H2,1-3H3,(H,12,13). The van der Waals surface area contributed by atoms with E-state index >= 15 is 0 Å². The van der Waals surface area contributed by atoms with E-state index in [-0.39, 0.29) is 17.8 Å². The average molecular weight is 211 g/mol. The smallest absolute Gasteiger partial charge is 0.329 e. The summed E-state index contributed by atoms with van der Waals surface area (Å²) in [6.07, 6.45) is 1.68. The summed E-state index contributed by atoms with van der Waals surface area (Å²) in [6, 6.07) is -0.430. The summed E-state index contributed by atoms with van der Waals surface area (Å²) in [5.74, 6) is 0.295. The fourth-order valence-corrected chi connectivity index (χ4v) is 2.00. The number of carbonyl (C=O) groups is 2. The lowest BCUT2D eigenvalue weighted by Crippen LogP contribution is -2.47. The highest BCUT2D eigenvalue weighted by molar-refractivity contribution is 5.89. The van der Waals surface area contributed by atoms with Crippen LogP contribution in [0.2, 0.25) is 0 Å². The van der Waals surface area contributed by atoms with Crippen molar-refractivity contribution >= 4 is 11.9 Å². The maximum Gasteiger partial charge on any atom is 0.329 e. The van der Waals surface area contributed by atoms with E-state index in [2.05, 4.69) is 5.32 Å². The first-order valence-electron chi connectivity index (χ1n) is 5.40. The molecule has 1 heterocycles. The molecule has 0 aromatic heterocycles. The van der Waals surface area contributed by atoms with Crippen molar-refractivity contribution in [1.82, 2.24) is 5.32 Å². The number of nitrogens with one attached hydrogen (secondary N) is 1. The molecule has 2 rings (SSSR count). The van der Waals surface area contributed by atoms with Gasteiger partial charge in [0.2, 0.25) is 5.91 Å². The molecule has 4 heteroatoms. The quantitative estimate of drug-likeness (QED) is 0.654. The van der Waals surface area contributed by atoms with Crippen molar-refractivity contribution in [1.29, 1.82) is 0 Å². The molecule has 0 spiro atoms. The zero-order chi connectivity index (χ0) is 11.2. The highest BCUT2D eigenvalue weighted by Crippen LogP contribution is 2.45. The molecule has 1 amide bonds. The number of hydrogen-bond acceptors (Lipinski definition) is 3. The van der Waals surface area contributed by atoms with Crippen LogP contribution in [0.15, 0.2) is 0 Å². The molecule has 1 aliphatic heterocycles. The van der Waals surface area contributed by atoms with Gasteiger partial charge < -0.3 is 10.1 Å². The zero-order valence-corrected chi connectivity index (χ0v) is 9.37. The van der Waals surface area contributed by atoms with Crippen LogP contribution in [0.1, 0.15) is 33.6 Å². The summed E-state index contributed by atoms with van der Waals surface area (Å²) < 4.78 is 5.24. The van der Waals surface area contributed by atoms with Crippen LogP contribution in [0.4, 0.5) is 0 Å². The van der Waals surface area contributed by atoms with Crippen LogP contribution in [-0.2, 0) is 14.3 Å². The van der Waals surface area contributed by atoms with Gasteiger partial charge in [0.15, 0.2) is 0 Å². The van der Waals surface area contributed by atoms with Crippen LogP contribution in [0, 0.1) is 11.8 Å². The first-order chi connectivity index (χ1) is 6.87. The largest absolute Gasteiger partial charge is 0.458 e. The number of esters is 1. The number of piperidine rings is 1. The third-order valence-corrected chi connectivity index (χ3v) is 2.81. The number of amides is 1. The molecule has 3 atom stereocenters. The first-order valence-corrected chi connectivity index (χ1v) is 5.40. The monoisotopic (exact) mass is 211 g/mol. The normalized spacial score (nSPS) is 34.1. The summed E-state index contributed by atoms with van der Waals surface area (Å²) in [6.45, 7) is 5.49. The number of hydrogen-bond donors (Lipinski definition) is 1. The Labute approximate surface area is 89.4 Å². The molecule has 0 aromatic carbocycles. The minimum atomic E-state index is -0.484. The predicted octanol–water partition coefficient (Wildman–Crippen LogP) is 0.853. The Morgan fingerprint density at radius 1 is 1.40 bits per heavy atom. The third kappa shape index (κ3) is 2.30. The molecule has 4 nitrogen and oxygen atoms in total. The van der Waals surface area contributed by atoms with Gasteiger partial charge in [0.05, 0.1) is 0 Å². The molecule has 15 heavy (non-hydrogen) atoms. The van der Waals surface area contributed by atoms with Crippen LogP contribution < -0.4 is 5.32 Å². The summed E-state index contributed by atoms with van der Waals surface area (Å²) in [5.41, 5.74) is -0.484. The van der Waals surface area contributed by atoms with Crippen LogP contribution in [0.5, 0.6) is 0 Å². The fourth-order valence-electron chi connectivity index (χ4n) is 2.00. The molecule has 0 bridgehead atoms. The van der Waals surface area contributed by atoms with Crippen LogP contribution >= 0.6 is 0 Å². The van der Waals surface area contributed by atoms with Crippen molar-refractivity contribution in [3.8, 4) is 0 Å². The van der Waals surface area contributed by atoms with Crippen LogP contribution in [0.3, 0.4) is 0 Å². The Bertz CT molecular complexity index is 305. The molecule has 84 valence electrons. The highest BCUT2D eigenvalue weighted by atomic mass is 16.6. The predicted molar refractivity (Wildman–Crippen MR) is 54.0 cm³/mol. The second kappa shape index (κ2) is 3.22. The average Bonchev–Trinajstić information content (AvgIpc) is 2.79. The Balaban J connectivity index is 1.93. The number of rotatable bonds is 1. The van der Waals surface area contributed by atoms with E-state index in [4.69, 9.17) is 4.74 Å². The van der Waals surface area contributed by atoms with Crippen LogP contribution in [0.25, 0.3) is 0 Å². The molecule has 1 saturated heterocycles. The molecule has 1 saturated carbocycles. The van der Waals surface area contributed by atoms with Gasteiger partial charge in [-0.05, 0) is 39.5 Å². The summed E-state index contributed by atoms with van der Waals surface area (Å²) in [7, 11) is 0. The Morgan fingerprint density at radius 3 is 2.60 bits per heavy atom. The van der Waals surface area contributed by atoms with Crippen LogP contribution in [-0.4, -0.2) is 23.5 Å². The van der Waals surface area contributed by atoms with Crippen molar-refractivity contribution in [2.45, 2.75) is 45.3 Å². The van der Waals surface area contributed by atoms with Gasteiger partial charge in [0.25, 0.3) is 0 Å². The maximum atomic E-state index is 11.7. The SMILES string of the molecule is CC(C)(C)OC(=O)C1CC2CC2C(=O)N1. The van der Waals surface area contributed by atoms with E-state index in [9.17, 15) is 9.59 Å². The molecule has 0 aromatic rings. The molecular weight excluding hydrogens is 194 g/mol. The zero-order valence-electron chi connectivity index (χ0n) is 9.37. The lowest BCUT2D eigenvalue weighted by molar-refractivity contribution is -0.159. The Hall–Kier alpha value is -1.06. The fraction of sp³-hybridized carbons (Fsp3) is 0.818. The van der Waals surface area contributed by atoms with Gasteiger partial charge in [-0.15, -0.1) is 0 Å². The van der Waals surface area contributed by atoms with Crippen molar-refractivity contribution in [2.75, 3.05) is 0 Å². The minimum Gasteiger partial charge on any atom is -0.458 e. The number of carbonyl (C=O) groups excluding carboxylic acids is 2. The number of ether oxygens (including phenoxy) is 1. The van der Waals surface area contributed by atoms with E-state index in [0.717, 1.165) is 12.8 Å². The molecule has 3 unspecified atom stereocenters. The maximum absolute atomic E-state index is 11.7. The van der Waals surface area contributed by atoms with Crippen molar-refractivity contribution in [2.24, 2.45) is 11.8 Å².